The number of nitrogens with zero attached hydrogens (tertiary/aromatic N) is 2. The first-order valence-corrected chi connectivity index (χ1v) is 7.79. The van der Waals surface area contributed by atoms with Gasteiger partial charge < -0.3 is 4.74 Å². The number of carbonyl (C=O) groups is 1. The van der Waals surface area contributed by atoms with Gasteiger partial charge in [-0.15, -0.1) is 11.3 Å². The summed E-state index contributed by atoms with van der Waals surface area (Å²) >= 11 is 1.53. The van der Waals surface area contributed by atoms with Gasteiger partial charge in [-0.25, -0.2) is 9.97 Å². The van der Waals surface area contributed by atoms with Crippen molar-refractivity contribution in [2.75, 3.05) is 7.11 Å². The lowest BCUT2D eigenvalue weighted by Crippen LogP contribution is -2.26. The van der Waals surface area contributed by atoms with Gasteiger partial charge in [-0.3, -0.25) is 4.79 Å². The minimum absolute atomic E-state index is 0.0249. The maximum Gasteiger partial charge on any atom is 0.212 e. The van der Waals surface area contributed by atoms with E-state index in [-0.39, 0.29) is 11.2 Å². The molecule has 2 aromatic rings. The van der Waals surface area contributed by atoms with Gasteiger partial charge in [0.05, 0.1) is 22.7 Å². The molecule has 0 unspecified atom stereocenters. The van der Waals surface area contributed by atoms with Crippen LogP contribution in [0.25, 0.3) is 0 Å². The number of methoxy groups -OCH3 is 1. The third-order valence-corrected chi connectivity index (χ3v) is 4.78. The third kappa shape index (κ3) is 2.97. The van der Waals surface area contributed by atoms with E-state index in [1.165, 1.54) is 11.3 Å². The number of rotatable bonds is 3. The Bertz CT molecular complexity index is 674. The van der Waals surface area contributed by atoms with Gasteiger partial charge in [0, 0.05) is 25.1 Å². The second kappa shape index (κ2) is 5.22. The van der Waals surface area contributed by atoms with Crippen molar-refractivity contribution in [3.63, 3.8) is 0 Å². The summed E-state index contributed by atoms with van der Waals surface area (Å²) < 4.78 is 5.05. The first-order chi connectivity index (χ1) is 9.97. The Morgan fingerprint density at radius 1 is 1.33 bits per heavy atom. The van der Waals surface area contributed by atoms with E-state index in [1.54, 1.807) is 13.3 Å². The Balaban J connectivity index is 1.83. The average molecular weight is 302 g/mol. The van der Waals surface area contributed by atoms with Crippen molar-refractivity contribution in [2.24, 2.45) is 5.41 Å². The van der Waals surface area contributed by atoms with Crippen molar-refractivity contribution in [3.8, 4) is 5.88 Å². The smallest absolute Gasteiger partial charge is 0.212 e. The van der Waals surface area contributed by atoms with Crippen molar-refractivity contribution in [2.45, 2.75) is 33.1 Å². The van der Waals surface area contributed by atoms with Gasteiger partial charge in [-0.05, 0) is 17.4 Å². The summed E-state index contributed by atoms with van der Waals surface area (Å²) in [5.41, 5.74) is 2.07. The Hall–Kier alpha value is -1.75. The molecule has 5 heteroatoms. The molecule has 0 aromatic carbocycles. The number of thiazole rings is 1. The number of fused-ring (bicyclic) bond motifs is 1. The van der Waals surface area contributed by atoms with E-state index in [4.69, 9.17) is 4.74 Å². The molecule has 0 aliphatic heterocycles. The minimum Gasteiger partial charge on any atom is -0.481 e. The van der Waals surface area contributed by atoms with Gasteiger partial charge in [-0.1, -0.05) is 19.9 Å². The van der Waals surface area contributed by atoms with Crippen molar-refractivity contribution in [1.29, 1.82) is 0 Å². The maximum atomic E-state index is 12.2. The van der Waals surface area contributed by atoms with Crippen LogP contribution in [0, 0.1) is 5.41 Å². The van der Waals surface area contributed by atoms with Crippen LogP contribution >= 0.6 is 11.3 Å². The monoisotopic (exact) mass is 302 g/mol. The normalized spacial score (nSPS) is 16.6. The number of pyridine rings is 1. The zero-order valence-electron chi connectivity index (χ0n) is 12.5. The molecule has 110 valence electrons. The number of aromatic nitrogens is 2. The number of ketones is 1. The number of hydrogen-bond acceptors (Lipinski definition) is 5. The maximum absolute atomic E-state index is 12.2. The van der Waals surface area contributed by atoms with Crippen LogP contribution in [0.1, 0.15) is 46.2 Å². The van der Waals surface area contributed by atoms with Crippen LogP contribution < -0.4 is 4.74 Å². The van der Waals surface area contributed by atoms with E-state index in [1.807, 2.05) is 12.1 Å². The summed E-state index contributed by atoms with van der Waals surface area (Å²) in [4.78, 5) is 21.9. The van der Waals surface area contributed by atoms with Crippen LogP contribution in [0.4, 0.5) is 0 Å². The fourth-order valence-corrected chi connectivity index (χ4v) is 3.71. The molecule has 2 heterocycles. The lowest BCUT2D eigenvalue weighted by Gasteiger charge is -2.26. The summed E-state index contributed by atoms with van der Waals surface area (Å²) in [5, 5.41) is 0.984. The number of carbonyl (C=O) groups excluding carboxylic acids is 1. The highest BCUT2D eigenvalue weighted by Crippen LogP contribution is 2.37. The first kappa shape index (κ1) is 14.2. The van der Waals surface area contributed by atoms with E-state index in [2.05, 4.69) is 23.8 Å². The Morgan fingerprint density at radius 2 is 2.14 bits per heavy atom. The second-order valence-corrected chi connectivity index (χ2v) is 7.29. The minimum atomic E-state index is 0.0249. The fourth-order valence-electron chi connectivity index (χ4n) is 2.66. The number of Topliss-reactive ketones (excluding diaryl/α,β-unsaturated/α-hetero) is 1. The van der Waals surface area contributed by atoms with E-state index >= 15 is 0 Å². The van der Waals surface area contributed by atoms with Gasteiger partial charge in [0.25, 0.3) is 0 Å². The van der Waals surface area contributed by atoms with Gasteiger partial charge in [-0.2, -0.15) is 0 Å². The van der Waals surface area contributed by atoms with E-state index in [0.29, 0.717) is 18.7 Å². The van der Waals surface area contributed by atoms with Crippen molar-refractivity contribution in [1.82, 2.24) is 9.97 Å². The predicted molar refractivity (Wildman–Crippen MR) is 82.1 cm³/mol. The average Bonchev–Trinajstić information content (AvgIpc) is 2.81. The summed E-state index contributed by atoms with van der Waals surface area (Å²) in [6.45, 7) is 4.25. The quantitative estimate of drug-likeness (QED) is 0.873. The van der Waals surface area contributed by atoms with E-state index in [0.717, 1.165) is 27.6 Å². The molecular weight excluding hydrogens is 284 g/mol. The second-order valence-electron chi connectivity index (χ2n) is 6.21. The van der Waals surface area contributed by atoms with Crippen LogP contribution in [0.5, 0.6) is 5.88 Å². The summed E-state index contributed by atoms with van der Waals surface area (Å²) in [6, 6.07) is 3.83. The molecule has 2 aromatic heterocycles. The highest BCUT2D eigenvalue weighted by Gasteiger charge is 2.33. The van der Waals surface area contributed by atoms with E-state index in [9.17, 15) is 4.79 Å². The van der Waals surface area contributed by atoms with Gasteiger partial charge >= 0.3 is 0 Å². The van der Waals surface area contributed by atoms with Crippen LogP contribution in [-0.2, 0) is 12.8 Å². The van der Waals surface area contributed by atoms with Crippen LogP contribution in [-0.4, -0.2) is 22.9 Å². The zero-order chi connectivity index (χ0) is 15.0. The molecule has 0 fully saturated rings. The molecular formula is C16H18N2O2S. The Labute approximate surface area is 128 Å². The van der Waals surface area contributed by atoms with Crippen LogP contribution in [0.15, 0.2) is 18.3 Å². The Morgan fingerprint density at radius 3 is 2.81 bits per heavy atom. The van der Waals surface area contributed by atoms with Gasteiger partial charge in [0.1, 0.15) is 0 Å². The molecule has 1 aliphatic rings. The van der Waals surface area contributed by atoms with Crippen molar-refractivity contribution in [3.05, 3.63) is 39.5 Å². The van der Waals surface area contributed by atoms with Crippen molar-refractivity contribution >= 4 is 17.1 Å². The Kier molecular flexibility index (Phi) is 3.53. The molecule has 0 atom stereocenters. The summed E-state index contributed by atoms with van der Waals surface area (Å²) in [7, 11) is 1.60. The highest BCUT2D eigenvalue weighted by atomic mass is 32.1. The standard InChI is InChI=1S/C16H18N2O2S/c1-16(2)7-11-15(12(19)8-16)21-14(18-11)6-10-4-5-13(20-3)17-9-10/h4-5,9H,6-8H2,1-3H3. The SMILES string of the molecule is COc1ccc(Cc2nc3c(s2)C(=O)CC(C)(C)C3)cn1. The molecule has 0 saturated heterocycles. The third-order valence-electron chi connectivity index (χ3n) is 3.64. The summed E-state index contributed by atoms with van der Waals surface area (Å²) in [6.07, 6.45) is 4.00. The van der Waals surface area contributed by atoms with E-state index < -0.39 is 0 Å². The largest absolute Gasteiger partial charge is 0.481 e. The molecule has 0 spiro atoms. The number of hydrogen-bond donors (Lipinski definition) is 0. The summed E-state index contributed by atoms with van der Waals surface area (Å²) in [5.74, 6) is 0.840. The number of ether oxygens (including phenoxy) is 1. The van der Waals surface area contributed by atoms with Crippen molar-refractivity contribution < 1.29 is 9.53 Å². The molecule has 0 bridgehead atoms. The van der Waals surface area contributed by atoms with Gasteiger partial charge in [0.2, 0.25) is 5.88 Å². The molecule has 0 saturated carbocycles. The highest BCUT2D eigenvalue weighted by molar-refractivity contribution is 7.13. The van der Waals surface area contributed by atoms with Gasteiger partial charge in [0.15, 0.2) is 5.78 Å². The topological polar surface area (TPSA) is 52.1 Å². The fraction of sp³-hybridized carbons (Fsp3) is 0.438. The molecule has 0 N–H and O–H groups in total. The molecule has 3 rings (SSSR count). The lowest BCUT2D eigenvalue weighted by atomic mass is 9.78. The molecule has 0 amide bonds. The first-order valence-electron chi connectivity index (χ1n) is 6.97. The molecule has 1 aliphatic carbocycles. The predicted octanol–water partition coefficient (Wildman–Crippen LogP) is 3.29. The molecule has 0 radical (unpaired) electrons. The molecule has 21 heavy (non-hydrogen) atoms. The van der Waals surface area contributed by atoms with Crippen LogP contribution in [0.2, 0.25) is 0 Å². The zero-order valence-corrected chi connectivity index (χ0v) is 13.3. The molecule has 4 nitrogen and oxygen atoms in total. The van der Waals surface area contributed by atoms with Crippen LogP contribution in [0.3, 0.4) is 0 Å². The lowest BCUT2D eigenvalue weighted by molar-refractivity contribution is 0.0916.